The highest BCUT2D eigenvalue weighted by Gasteiger charge is 2.55. The van der Waals surface area contributed by atoms with E-state index in [1.54, 1.807) is 17.5 Å². The van der Waals surface area contributed by atoms with Crippen LogP contribution in [0.15, 0.2) is 33.3 Å². The fourth-order valence-electron chi connectivity index (χ4n) is 2.45. The van der Waals surface area contributed by atoms with Crippen LogP contribution in [0.3, 0.4) is 0 Å². The normalized spacial score (nSPS) is 30.7. The number of aliphatic hydroxyl groups is 4. The Bertz CT molecular complexity index is 814. The van der Waals surface area contributed by atoms with Gasteiger partial charge in [0.2, 0.25) is 0 Å². The molecule has 0 amide bonds. The number of nitrogens with one attached hydrogen (secondary N) is 1. The summed E-state index contributed by atoms with van der Waals surface area (Å²) in [6.07, 6.45) is -3.73. The Labute approximate surface area is 132 Å². The molecule has 0 aromatic carbocycles. The van der Waals surface area contributed by atoms with Crippen LogP contribution < -0.4 is 11.2 Å². The first kappa shape index (κ1) is 16.1. The first-order chi connectivity index (χ1) is 10.9. The molecule has 2 aromatic rings. The van der Waals surface area contributed by atoms with Crippen molar-refractivity contribution in [2.45, 2.75) is 24.2 Å². The number of aromatic amines is 1. The van der Waals surface area contributed by atoms with Gasteiger partial charge in [-0.15, -0.1) is 11.3 Å². The lowest BCUT2D eigenvalue weighted by Gasteiger charge is -2.27. The third-order valence-electron chi connectivity index (χ3n) is 3.67. The number of rotatable bonds is 3. The third kappa shape index (κ3) is 2.45. The molecule has 2 aromatic heterocycles. The van der Waals surface area contributed by atoms with Gasteiger partial charge < -0.3 is 25.2 Å². The maximum atomic E-state index is 12.0. The highest BCUT2D eigenvalue weighted by molar-refractivity contribution is 7.13. The number of H-pyrrole nitrogens is 1. The fraction of sp³-hybridized carbons (Fsp3) is 0.385. The van der Waals surface area contributed by atoms with Gasteiger partial charge in [-0.25, -0.2) is 9.36 Å². The van der Waals surface area contributed by atoms with Gasteiger partial charge in [0.15, 0.2) is 6.10 Å². The van der Waals surface area contributed by atoms with Gasteiger partial charge in [0.1, 0.15) is 12.2 Å². The summed E-state index contributed by atoms with van der Waals surface area (Å²) in [5, 5.41) is 41.1. The zero-order chi connectivity index (χ0) is 16.8. The van der Waals surface area contributed by atoms with Crippen molar-refractivity contribution in [1.29, 1.82) is 0 Å². The number of hydrogen-bond acceptors (Lipinski definition) is 8. The molecule has 4 atom stereocenters. The fourth-order valence-corrected chi connectivity index (χ4v) is 3.18. The van der Waals surface area contributed by atoms with E-state index < -0.39 is 42.1 Å². The van der Waals surface area contributed by atoms with Crippen LogP contribution in [0.25, 0.3) is 10.4 Å². The molecule has 0 saturated carbocycles. The van der Waals surface area contributed by atoms with E-state index in [4.69, 9.17) is 9.84 Å². The summed E-state index contributed by atoms with van der Waals surface area (Å²) in [5.41, 5.74) is -1.60. The van der Waals surface area contributed by atoms with Gasteiger partial charge in [-0.2, -0.15) is 0 Å². The molecule has 124 valence electrons. The zero-order valence-corrected chi connectivity index (χ0v) is 12.4. The second-order valence-corrected chi connectivity index (χ2v) is 6.03. The standard InChI is InChI=1S/C13H14N2O7S/c16-5-7-9(17)10(18)13(21,22-7)15-4-6(8-2-1-3-23-8)11(19)14-12(15)20/h1-4,7,9-10,16-18,21H,5H2,(H,14,19,20)/t7-,9-,10+,13+/m1/s1. The van der Waals surface area contributed by atoms with Crippen molar-refractivity contribution in [2.24, 2.45) is 0 Å². The Morgan fingerprint density at radius 2 is 2.13 bits per heavy atom. The van der Waals surface area contributed by atoms with E-state index in [1.165, 1.54) is 11.3 Å². The van der Waals surface area contributed by atoms with Gasteiger partial charge in [-0.3, -0.25) is 9.78 Å². The van der Waals surface area contributed by atoms with Gasteiger partial charge in [0.05, 0.1) is 12.2 Å². The average molecular weight is 342 g/mol. The molecule has 9 nitrogen and oxygen atoms in total. The summed E-state index contributed by atoms with van der Waals surface area (Å²) in [6, 6.07) is 3.35. The first-order valence-corrected chi connectivity index (χ1v) is 7.54. The molecule has 0 radical (unpaired) electrons. The summed E-state index contributed by atoms with van der Waals surface area (Å²) in [6.45, 7) is -0.670. The number of hydrogen-bond donors (Lipinski definition) is 5. The summed E-state index contributed by atoms with van der Waals surface area (Å²) < 4.78 is 5.64. The summed E-state index contributed by atoms with van der Waals surface area (Å²) in [7, 11) is 0. The SMILES string of the molecule is O=c1[nH]c(=O)n([C@@]2(O)O[C@H](CO)[C@@H](O)[C@@H]2O)cc1-c1cccs1. The molecule has 1 saturated heterocycles. The van der Waals surface area contributed by atoms with Crippen molar-refractivity contribution >= 4 is 11.3 Å². The molecule has 1 aliphatic heterocycles. The Morgan fingerprint density at radius 3 is 2.70 bits per heavy atom. The van der Waals surface area contributed by atoms with Crippen molar-refractivity contribution in [3.63, 3.8) is 0 Å². The molecule has 0 aliphatic carbocycles. The van der Waals surface area contributed by atoms with Crippen LogP contribution in [0.2, 0.25) is 0 Å². The molecular formula is C13H14N2O7S. The second-order valence-electron chi connectivity index (χ2n) is 5.08. The molecule has 3 heterocycles. The third-order valence-corrected chi connectivity index (χ3v) is 4.57. The van der Waals surface area contributed by atoms with Crippen LogP contribution in [-0.4, -0.2) is 54.9 Å². The highest BCUT2D eigenvalue weighted by atomic mass is 32.1. The van der Waals surface area contributed by atoms with E-state index in [1.807, 2.05) is 4.98 Å². The lowest BCUT2D eigenvalue weighted by Crippen LogP contribution is -2.51. The molecule has 1 fully saturated rings. The van der Waals surface area contributed by atoms with Crippen molar-refractivity contribution in [1.82, 2.24) is 9.55 Å². The minimum Gasteiger partial charge on any atom is -0.394 e. The van der Waals surface area contributed by atoms with E-state index in [-0.39, 0.29) is 5.56 Å². The maximum Gasteiger partial charge on any atom is 0.332 e. The highest BCUT2D eigenvalue weighted by Crippen LogP contribution is 2.33. The lowest BCUT2D eigenvalue weighted by molar-refractivity contribution is -0.291. The van der Waals surface area contributed by atoms with Gasteiger partial charge in [0, 0.05) is 11.1 Å². The quantitative estimate of drug-likeness (QED) is 0.433. The first-order valence-electron chi connectivity index (χ1n) is 6.66. The number of aromatic nitrogens is 2. The predicted octanol–water partition coefficient (Wildman–Crippen LogP) is -2.02. The van der Waals surface area contributed by atoms with Crippen molar-refractivity contribution in [3.8, 4) is 10.4 Å². The maximum absolute atomic E-state index is 12.0. The monoisotopic (exact) mass is 342 g/mol. The van der Waals surface area contributed by atoms with Gasteiger partial charge >= 0.3 is 5.69 Å². The van der Waals surface area contributed by atoms with Gasteiger partial charge in [-0.1, -0.05) is 6.07 Å². The summed E-state index contributed by atoms with van der Waals surface area (Å²) in [4.78, 5) is 26.5. The van der Waals surface area contributed by atoms with E-state index in [0.717, 1.165) is 6.20 Å². The van der Waals surface area contributed by atoms with E-state index in [2.05, 4.69) is 0 Å². The molecule has 3 rings (SSSR count). The van der Waals surface area contributed by atoms with Crippen LogP contribution in [0.1, 0.15) is 0 Å². The predicted molar refractivity (Wildman–Crippen MR) is 78.8 cm³/mol. The van der Waals surface area contributed by atoms with Crippen molar-refractivity contribution < 1.29 is 25.2 Å². The van der Waals surface area contributed by atoms with Crippen LogP contribution in [0, 0.1) is 0 Å². The molecule has 23 heavy (non-hydrogen) atoms. The van der Waals surface area contributed by atoms with Gasteiger partial charge in [0.25, 0.3) is 11.5 Å². The molecule has 10 heteroatoms. The largest absolute Gasteiger partial charge is 0.394 e. The Kier molecular flexibility index (Phi) is 3.96. The van der Waals surface area contributed by atoms with Gasteiger partial charge in [-0.05, 0) is 11.4 Å². The van der Waals surface area contributed by atoms with E-state index in [9.17, 15) is 24.9 Å². The van der Waals surface area contributed by atoms with Crippen LogP contribution in [-0.2, 0) is 10.6 Å². The zero-order valence-electron chi connectivity index (χ0n) is 11.6. The molecule has 0 bridgehead atoms. The lowest BCUT2D eigenvalue weighted by atomic mass is 10.1. The van der Waals surface area contributed by atoms with Crippen LogP contribution in [0.4, 0.5) is 0 Å². The second kappa shape index (κ2) is 5.67. The summed E-state index contributed by atoms with van der Waals surface area (Å²) >= 11 is 1.24. The number of nitrogens with zero attached hydrogens (tertiary/aromatic N) is 1. The Morgan fingerprint density at radius 1 is 1.39 bits per heavy atom. The Balaban J connectivity index is 2.15. The minimum atomic E-state index is -2.61. The number of aliphatic hydroxyl groups excluding tert-OH is 3. The van der Waals surface area contributed by atoms with Crippen LogP contribution in [0.5, 0.6) is 0 Å². The van der Waals surface area contributed by atoms with Crippen LogP contribution >= 0.6 is 11.3 Å². The van der Waals surface area contributed by atoms with Crippen molar-refractivity contribution in [3.05, 3.63) is 44.5 Å². The van der Waals surface area contributed by atoms with E-state index in [0.29, 0.717) is 9.44 Å². The average Bonchev–Trinajstić information content (AvgIpc) is 3.11. The summed E-state index contributed by atoms with van der Waals surface area (Å²) in [5.74, 6) is -2.61. The number of thiophene rings is 1. The smallest absolute Gasteiger partial charge is 0.332 e. The molecular weight excluding hydrogens is 328 g/mol. The van der Waals surface area contributed by atoms with E-state index >= 15 is 0 Å². The Hall–Kier alpha value is -1.82. The topological polar surface area (TPSA) is 145 Å². The molecule has 0 unspecified atom stereocenters. The molecule has 5 N–H and O–H groups in total. The minimum absolute atomic E-state index is 0.0887. The number of ether oxygens (including phenoxy) is 1. The molecule has 0 spiro atoms. The molecule has 1 aliphatic rings. The van der Waals surface area contributed by atoms with Crippen molar-refractivity contribution in [2.75, 3.05) is 6.61 Å².